The van der Waals surface area contributed by atoms with Crippen molar-refractivity contribution < 1.29 is 24.2 Å². The molecule has 150 valence electrons. The number of nitrogens with zero attached hydrogens (tertiary/aromatic N) is 1. The van der Waals surface area contributed by atoms with Crippen molar-refractivity contribution in [2.75, 3.05) is 19.0 Å². The highest BCUT2D eigenvalue weighted by Gasteiger charge is 2.45. The number of nitrogens with one attached hydrogen (secondary N) is 1. The third kappa shape index (κ3) is 4.32. The Hall–Kier alpha value is -3.13. The lowest BCUT2D eigenvalue weighted by molar-refractivity contribution is -0.146. The van der Waals surface area contributed by atoms with Crippen molar-refractivity contribution in [1.29, 1.82) is 0 Å². The molecule has 7 nitrogen and oxygen atoms in total. The largest absolute Gasteiger partial charge is 0.497 e. The second-order valence-corrected chi connectivity index (χ2v) is 7.42. The number of allylic oxidation sites excluding steroid dienone is 1. The Labute approximate surface area is 176 Å². The number of anilines is 1. The van der Waals surface area contributed by atoms with E-state index in [1.54, 1.807) is 62.6 Å². The van der Waals surface area contributed by atoms with Gasteiger partial charge in [-0.2, -0.15) is 0 Å². The summed E-state index contributed by atoms with van der Waals surface area (Å²) in [6.45, 7) is 1.13. The van der Waals surface area contributed by atoms with Crippen molar-refractivity contribution in [3.63, 3.8) is 0 Å². The molecule has 1 heterocycles. The van der Waals surface area contributed by atoms with Gasteiger partial charge in [-0.1, -0.05) is 28.1 Å². The van der Waals surface area contributed by atoms with Gasteiger partial charge in [0, 0.05) is 15.9 Å². The average Bonchev–Trinajstić information content (AvgIpc) is 2.94. The number of carboxylic acid groups (broad SMARTS) is 1. The Morgan fingerprint density at radius 2 is 1.76 bits per heavy atom. The van der Waals surface area contributed by atoms with Gasteiger partial charge in [0.2, 0.25) is 0 Å². The maximum absolute atomic E-state index is 12.8. The fourth-order valence-electron chi connectivity index (χ4n) is 3.28. The lowest BCUT2D eigenvalue weighted by atomic mass is 9.97. The minimum atomic E-state index is -1.18. The molecule has 29 heavy (non-hydrogen) atoms. The van der Waals surface area contributed by atoms with Gasteiger partial charge in [0.1, 0.15) is 12.3 Å². The first-order chi connectivity index (χ1) is 13.8. The molecule has 2 aromatic carbocycles. The van der Waals surface area contributed by atoms with Crippen LogP contribution in [0.15, 0.2) is 64.3 Å². The van der Waals surface area contributed by atoms with E-state index in [2.05, 4.69) is 21.2 Å². The van der Waals surface area contributed by atoms with Crippen LogP contribution in [0, 0.1) is 0 Å². The number of amides is 1. The molecule has 1 saturated heterocycles. The molecule has 8 heteroatoms. The van der Waals surface area contributed by atoms with Crippen LogP contribution >= 0.6 is 15.9 Å². The molecule has 1 aliphatic heterocycles. The third-order valence-corrected chi connectivity index (χ3v) is 5.13. The SMILES string of the molecule is COc1ccc(N/C(C)=C2/C(=O)C(=O)N(CC(=O)O)[C@H]2c2ccc(Br)cc2)cc1. The number of halogens is 1. The first-order valence-electron chi connectivity index (χ1n) is 8.76. The zero-order chi connectivity index (χ0) is 21.1. The van der Waals surface area contributed by atoms with E-state index in [-0.39, 0.29) is 5.57 Å². The summed E-state index contributed by atoms with van der Waals surface area (Å²) < 4.78 is 5.97. The normalized spacial score (nSPS) is 18.0. The molecule has 1 atom stereocenters. The zero-order valence-electron chi connectivity index (χ0n) is 15.8. The van der Waals surface area contributed by atoms with Crippen LogP contribution in [0.2, 0.25) is 0 Å². The molecule has 2 N–H and O–H groups in total. The molecule has 0 aromatic heterocycles. The number of carbonyl (C=O) groups excluding carboxylic acids is 2. The number of benzene rings is 2. The topological polar surface area (TPSA) is 95.9 Å². The van der Waals surface area contributed by atoms with Gasteiger partial charge in [0.05, 0.1) is 18.7 Å². The molecule has 1 fully saturated rings. The van der Waals surface area contributed by atoms with E-state index < -0.39 is 30.2 Å². The van der Waals surface area contributed by atoms with Gasteiger partial charge >= 0.3 is 5.97 Å². The van der Waals surface area contributed by atoms with Crippen LogP contribution in [0.3, 0.4) is 0 Å². The van der Waals surface area contributed by atoms with Crippen molar-refractivity contribution in [1.82, 2.24) is 4.90 Å². The van der Waals surface area contributed by atoms with Gasteiger partial charge in [0.25, 0.3) is 11.7 Å². The Balaban J connectivity index is 2.05. The van der Waals surface area contributed by atoms with E-state index in [1.165, 1.54) is 0 Å². The summed E-state index contributed by atoms with van der Waals surface area (Å²) in [5.41, 5.74) is 2.07. The van der Waals surface area contributed by atoms with Crippen LogP contribution in [0.1, 0.15) is 18.5 Å². The van der Waals surface area contributed by atoms with Gasteiger partial charge in [-0.15, -0.1) is 0 Å². The number of methoxy groups -OCH3 is 1. The van der Waals surface area contributed by atoms with Gasteiger partial charge < -0.3 is 20.1 Å². The molecule has 0 bridgehead atoms. The second kappa shape index (κ2) is 8.48. The summed E-state index contributed by atoms with van der Waals surface area (Å²) in [6, 6.07) is 13.4. The van der Waals surface area contributed by atoms with Crippen LogP contribution in [0.5, 0.6) is 5.75 Å². The van der Waals surface area contributed by atoms with Crippen LogP contribution in [0.4, 0.5) is 5.69 Å². The molecular weight excluding hydrogens is 440 g/mol. The van der Waals surface area contributed by atoms with E-state index in [4.69, 9.17) is 4.74 Å². The number of carboxylic acids is 1. The number of ether oxygens (including phenoxy) is 1. The Bertz CT molecular complexity index is 983. The highest BCUT2D eigenvalue weighted by atomic mass is 79.9. The lowest BCUT2D eigenvalue weighted by Crippen LogP contribution is -2.34. The van der Waals surface area contributed by atoms with Gasteiger partial charge in [-0.25, -0.2) is 0 Å². The van der Waals surface area contributed by atoms with Crippen LogP contribution in [0.25, 0.3) is 0 Å². The number of hydrogen-bond acceptors (Lipinski definition) is 5. The monoisotopic (exact) mass is 458 g/mol. The summed E-state index contributed by atoms with van der Waals surface area (Å²) in [5.74, 6) is -2.03. The van der Waals surface area contributed by atoms with Gasteiger partial charge in [0.15, 0.2) is 0 Å². The van der Waals surface area contributed by atoms with Gasteiger partial charge in [-0.3, -0.25) is 14.4 Å². The van der Waals surface area contributed by atoms with Crippen LogP contribution in [-0.4, -0.2) is 41.3 Å². The minimum absolute atomic E-state index is 0.231. The fourth-order valence-corrected chi connectivity index (χ4v) is 3.54. The third-order valence-electron chi connectivity index (χ3n) is 4.60. The van der Waals surface area contributed by atoms with E-state index in [0.29, 0.717) is 22.7 Å². The number of aliphatic carboxylic acids is 1. The van der Waals surface area contributed by atoms with Crippen molar-refractivity contribution in [2.45, 2.75) is 13.0 Å². The van der Waals surface area contributed by atoms with Crippen LogP contribution < -0.4 is 10.1 Å². The molecule has 0 unspecified atom stereocenters. The highest BCUT2D eigenvalue weighted by Crippen LogP contribution is 2.38. The van der Waals surface area contributed by atoms with Crippen molar-refractivity contribution >= 4 is 39.3 Å². The molecular formula is C21H19BrN2O5. The maximum Gasteiger partial charge on any atom is 0.323 e. The number of Topliss-reactive ketones (excluding diaryl/α,β-unsaturated/α-hetero) is 1. The number of likely N-dealkylation sites (tertiary alicyclic amines) is 1. The average molecular weight is 459 g/mol. The summed E-state index contributed by atoms with van der Waals surface area (Å²) in [6.07, 6.45) is 0. The highest BCUT2D eigenvalue weighted by molar-refractivity contribution is 9.10. The Morgan fingerprint density at radius 1 is 1.14 bits per heavy atom. The quantitative estimate of drug-likeness (QED) is 0.508. The van der Waals surface area contributed by atoms with E-state index in [0.717, 1.165) is 9.37 Å². The molecule has 0 aliphatic carbocycles. The molecule has 1 amide bonds. The molecule has 3 rings (SSSR count). The molecule has 0 saturated carbocycles. The Kier molecular flexibility index (Phi) is 6.03. The first-order valence-corrected chi connectivity index (χ1v) is 9.55. The lowest BCUT2D eigenvalue weighted by Gasteiger charge is -2.24. The molecule has 0 spiro atoms. The molecule has 2 aromatic rings. The predicted octanol–water partition coefficient (Wildman–Crippen LogP) is 3.38. The van der Waals surface area contributed by atoms with Crippen molar-refractivity contribution in [3.8, 4) is 5.75 Å². The molecule has 0 radical (unpaired) electrons. The summed E-state index contributed by atoms with van der Waals surface area (Å²) in [5, 5.41) is 12.4. The van der Waals surface area contributed by atoms with Crippen molar-refractivity contribution in [3.05, 3.63) is 69.8 Å². The minimum Gasteiger partial charge on any atom is -0.497 e. The van der Waals surface area contributed by atoms with Crippen molar-refractivity contribution in [2.24, 2.45) is 0 Å². The second-order valence-electron chi connectivity index (χ2n) is 6.50. The smallest absolute Gasteiger partial charge is 0.323 e. The first kappa shape index (κ1) is 20.6. The predicted molar refractivity (Wildman–Crippen MR) is 111 cm³/mol. The number of carbonyl (C=O) groups is 3. The number of hydrogen-bond donors (Lipinski definition) is 2. The Morgan fingerprint density at radius 3 is 2.31 bits per heavy atom. The number of rotatable bonds is 6. The van der Waals surface area contributed by atoms with Gasteiger partial charge in [-0.05, 0) is 48.9 Å². The summed E-state index contributed by atoms with van der Waals surface area (Å²) in [7, 11) is 1.57. The van der Waals surface area contributed by atoms with E-state index >= 15 is 0 Å². The zero-order valence-corrected chi connectivity index (χ0v) is 17.4. The maximum atomic E-state index is 12.8. The summed E-state index contributed by atoms with van der Waals surface area (Å²) in [4.78, 5) is 37.7. The number of ketones is 1. The fraction of sp³-hybridized carbons (Fsp3) is 0.190. The summed E-state index contributed by atoms with van der Waals surface area (Å²) >= 11 is 3.36. The standard InChI is InChI=1S/C21H19BrN2O5/c1-12(23-15-7-9-16(29-2)10-8-15)18-19(13-3-5-14(22)6-4-13)24(11-17(25)26)21(28)20(18)27/h3-10,19,23H,11H2,1-2H3,(H,25,26)/b18-12+/t19-/m0/s1. The molecule has 1 aliphatic rings. The van der Waals surface area contributed by atoms with E-state index in [1.807, 2.05) is 0 Å². The van der Waals surface area contributed by atoms with E-state index in [9.17, 15) is 19.5 Å². The van der Waals surface area contributed by atoms with Crippen LogP contribution in [-0.2, 0) is 14.4 Å².